The van der Waals surface area contributed by atoms with E-state index in [0.717, 1.165) is 30.0 Å². The maximum absolute atomic E-state index is 8.89. The Kier molecular flexibility index (Phi) is 13.8. The van der Waals surface area contributed by atoms with Crippen LogP contribution in [0, 0.1) is 0 Å². The number of benzene rings is 3. The van der Waals surface area contributed by atoms with Gasteiger partial charge in [0, 0.05) is 5.02 Å². The zero-order chi connectivity index (χ0) is 22.9. The highest BCUT2D eigenvalue weighted by molar-refractivity contribution is 6.30. The highest BCUT2D eigenvalue weighted by Gasteiger charge is 1.92. The summed E-state index contributed by atoms with van der Waals surface area (Å²) in [5.41, 5.74) is 19.8. The van der Waals surface area contributed by atoms with Crippen LogP contribution in [0.1, 0.15) is 16.7 Å². The number of ether oxygens (including phenoxy) is 1. The molecule has 0 saturated heterocycles. The van der Waals surface area contributed by atoms with Gasteiger partial charge in [0.1, 0.15) is 11.5 Å². The first kappa shape index (κ1) is 26.5. The Labute approximate surface area is 190 Å². The molecule has 0 bridgehead atoms. The lowest BCUT2D eigenvalue weighted by Gasteiger charge is -2.00. The van der Waals surface area contributed by atoms with Gasteiger partial charge in [0.2, 0.25) is 0 Å². The quantitative estimate of drug-likeness (QED) is 0.442. The molecule has 31 heavy (non-hydrogen) atoms. The molecule has 0 saturated carbocycles. The smallest absolute Gasteiger partial charge is 0.118 e. The monoisotopic (exact) mass is 443 g/mol. The van der Waals surface area contributed by atoms with Crippen LogP contribution in [0.2, 0.25) is 5.02 Å². The van der Waals surface area contributed by atoms with Crippen LogP contribution in [0.4, 0.5) is 0 Å². The average molecular weight is 444 g/mol. The van der Waals surface area contributed by atoms with Crippen molar-refractivity contribution in [3.8, 4) is 11.5 Å². The second kappa shape index (κ2) is 16.2. The first-order chi connectivity index (χ1) is 15.0. The first-order valence-corrected chi connectivity index (χ1v) is 10.7. The van der Waals surface area contributed by atoms with Crippen molar-refractivity contribution in [3.05, 3.63) is 94.5 Å². The van der Waals surface area contributed by atoms with Crippen LogP contribution < -0.4 is 21.9 Å². The van der Waals surface area contributed by atoms with E-state index in [2.05, 4.69) is 0 Å². The Bertz CT molecular complexity index is 775. The van der Waals surface area contributed by atoms with Crippen molar-refractivity contribution in [3.63, 3.8) is 0 Å². The molecule has 3 aromatic carbocycles. The fourth-order valence-corrected chi connectivity index (χ4v) is 2.73. The third-order valence-electron chi connectivity index (χ3n) is 4.31. The number of aromatic hydroxyl groups is 1. The molecule has 0 heterocycles. The number of hydrogen-bond donors (Lipinski definition) is 4. The van der Waals surface area contributed by atoms with Gasteiger partial charge in [-0.3, -0.25) is 0 Å². The van der Waals surface area contributed by atoms with Gasteiger partial charge >= 0.3 is 0 Å². The molecule has 6 heteroatoms. The molecule has 0 amide bonds. The summed E-state index contributed by atoms with van der Waals surface area (Å²) in [5.74, 6) is 1.20. The summed E-state index contributed by atoms with van der Waals surface area (Å²) in [6, 6.07) is 22.8. The molecule has 0 aliphatic heterocycles. The van der Waals surface area contributed by atoms with E-state index in [4.69, 9.17) is 38.6 Å². The third kappa shape index (κ3) is 12.0. The second-order valence-electron chi connectivity index (χ2n) is 6.76. The summed E-state index contributed by atoms with van der Waals surface area (Å²) in [6.45, 7) is 2.05. The normalized spacial score (nSPS) is 9.71. The molecule has 7 N–H and O–H groups in total. The predicted molar refractivity (Wildman–Crippen MR) is 131 cm³/mol. The van der Waals surface area contributed by atoms with Crippen molar-refractivity contribution in [2.24, 2.45) is 17.2 Å². The van der Waals surface area contributed by atoms with E-state index in [9.17, 15) is 0 Å². The lowest BCUT2D eigenvalue weighted by atomic mass is 10.1. The zero-order valence-corrected chi connectivity index (χ0v) is 18.9. The van der Waals surface area contributed by atoms with Crippen molar-refractivity contribution in [1.82, 2.24) is 0 Å². The molecule has 0 aromatic heterocycles. The molecule has 0 aliphatic carbocycles. The Morgan fingerprint density at radius 1 is 0.645 bits per heavy atom. The summed E-state index contributed by atoms with van der Waals surface area (Å²) in [7, 11) is 1.66. The average Bonchev–Trinajstić information content (AvgIpc) is 2.79. The van der Waals surface area contributed by atoms with Crippen LogP contribution in [0.5, 0.6) is 11.5 Å². The van der Waals surface area contributed by atoms with Crippen LogP contribution in [0.25, 0.3) is 0 Å². The van der Waals surface area contributed by atoms with E-state index >= 15 is 0 Å². The predicted octanol–water partition coefficient (Wildman–Crippen LogP) is 3.93. The number of phenols is 1. The first-order valence-electron chi connectivity index (χ1n) is 10.3. The number of phenolic OH excluding ortho intramolecular Hbond substituents is 1. The van der Waals surface area contributed by atoms with E-state index in [1.807, 2.05) is 60.7 Å². The molecule has 0 aliphatic rings. The number of hydrogen-bond acceptors (Lipinski definition) is 5. The van der Waals surface area contributed by atoms with Crippen LogP contribution >= 0.6 is 11.6 Å². The van der Waals surface area contributed by atoms with Gasteiger partial charge in [-0.05, 0) is 92.0 Å². The molecular weight excluding hydrogens is 410 g/mol. The number of nitrogens with two attached hydrogens (primary N) is 3. The standard InChI is InChI=1S/C9H13NO.C8H10ClN.C8H11NO/c1-11-9-4-2-8(3-5-9)6-7-10;9-8-3-1-7(2-4-8)5-6-10;9-6-5-7-1-3-8(10)4-2-7/h2-5H,6-7,10H2,1H3;1-4H,5-6,10H2;1-4,10H,5-6,9H2. The molecule has 3 aromatic rings. The van der Waals surface area contributed by atoms with Crippen molar-refractivity contribution >= 4 is 11.6 Å². The van der Waals surface area contributed by atoms with Crippen molar-refractivity contribution in [2.45, 2.75) is 19.3 Å². The van der Waals surface area contributed by atoms with E-state index < -0.39 is 0 Å². The fourth-order valence-electron chi connectivity index (χ4n) is 2.61. The molecule has 0 fully saturated rings. The van der Waals surface area contributed by atoms with Gasteiger partial charge in [-0.15, -0.1) is 0 Å². The summed E-state index contributed by atoms with van der Waals surface area (Å²) >= 11 is 5.68. The third-order valence-corrected chi connectivity index (χ3v) is 4.56. The van der Waals surface area contributed by atoms with Crippen LogP contribution in [-0.2, 0) is 19.3 Å². The molecule has 0 unspecified atom stereocenters. The van der Waals surface area contributed by atoms with Crippen molar-refractivity contribution < 1.29 is 9.84 Å². The SMILES string of the molecule is COc1ccc(CCN)cc1.NCCc1ccc(Cl)cc1.NCCc1ccc(O)cc1. The van der Waals surface area contributed by atoms with E-state index in [0.29, 0.717) is 25.4 Å². The number of methoxy groups -OCH3 is 1. The Morgan fingerprint density at radius 3 is 1.35 bits per heavy atom. The van der Waals surface area contributed by atoms with Gasteiger partial charge in [-0.2, -0.15) is 0 Å². The van der Waals surface area contributed by atoms with Crippen LogP contribution in [0.3, 0.4) is 0 Å². The van der Waals surface area contributed by atoms with Crippen molar-refractivity contribution in [2.75, 3.05) is 26.7 Å². The highest BCUT2D eigenvalue weighted by Crippen LogP contribution is 2.11. The Morgan fingerprint density at radius 2 is 1.00 bits per heavy atom. The van der Waals surface area contributed by atoms with E-state index in [1.165, 1.54) is 16.7 Å². The topological polar surface area (TPSA) is 108 Å². The highest BCUT2D eigenvalue weighted by atomic mass is 35.5. The molecule has 5 nitrogen and oxygen atoms in total. The van der Waals surface area contributed by atoms with Gasteiger partial charge in [0.05, 0.1) is 7.11 Å². The fraction of sp³-hybridized carbons (Fsp3) is 0.280. The molecule has 3 rings (SSSR count). The molecule has 168 valence electrons. The summed E-state index contributed by atoms with van der Waals surface area (Å²) in [6.07, 6.45) is 2.74. The summed E-state index contributed by atoms with van der Waals surface area (Å²) in [5, 5.41) is 9.67. The summed E-state index contributed by atoms with van der Waals surface area (Å²) in [4.78, 5) is 0. The van der Waals surface area contributed by atoms with Crippen molar-refractivity contribution in [1.29, 1.82) is 0 Å². The minimum absolute atomic E-state index is 0.306. The minimum atomic E-state index is 0.306. The minimum Gasteiger partial charge on any atom is -0.508 e. The number of rotatable bonds is 7. The van der Waals surface area contributed by atoms with Gasteiger partial charge < -0.3 is 27.0 Å². The van der Waals surface area contributed by atoms with Gasteiger partial charge in [0.15, 0.2) is 0 Å². The maximum atomic E-state index is 8.89. The Hall–Kier alpha value is -2.57. The molecule has 0 spiro atoms. The van der Waals surface area contributed by atoms with Crippen LogP contribution in [-0.4, -0.2) is 31.9 Å². The lowest BCUT2D eigenvalue weighted by molar-refractivity contribution is 0.414. The summed E-state index contributed by atoms with van der Waals surface area (Å²) < 4.78 is 5.02. The number of halogens is 1. The molecule has 0 radical (unpaired) electrons. The second-order valence-corrected chi connectivity index (χ2v) is 7.19. The van der Waals surface area contributed by atoms with Gasteiger partial charge in [-0.1, -0.05) is 48.0 Å². The van der Waals surface area contributed by atoms with E-state index in [-0.39, 0.29) is 0 Å². The van der Waals surface area contributed by atoms with Gasteiger partial charge in [0.25, 0.3) is 0 Å². The molecular formula is C25H34ClN3O2. The van der Waals surface area contributed by atoms with E-state index in [1.54, 1.807) is 19.2 Å². The molecule has 0 atom stereocenters. The Balaban J connectivity index is 0.000000233. The largest absolute Gasteiger partial charge is 0.508 e. The zero-order valence-electron chi connectivity index (χ0n) is 18.1. The maximum Gasteiger partial charge on any atom is 0.118 e. The lowest BCUT2D eigenvalue weighted by Crippen LogP contribution is -2.02. The van der Waals surface area contributed by atoms with Crippen LogP contribution in [0.15, 0.2) is 72.8 Å². The van der Waals surface area contributed by atoms with Gasteiger partial charge in [-0.25, -0.2) is 0 Å².